The van der Waals surface area contributed by atoms with Crippen LogP contribution >= 0.6 is 127 Å². The van der Waals surface area contributed by atoms with Crippen molar-refractivity contribution < 1.29 is 18.1 Å². The maximum Gasteiger partial charge on any atom is 0.480 e. The van der Waals surface area contributed by atoms with Crippen LogP contribution in [0.1, 0.15) is 34.1 Å². The van der Waals surface area contributed by atoms with Crippen molar-refractivity contribution in [2.45, 2.75) is 46.5 Å². The molecule has 0 N–H and O–H groups in total. The van der Waals surface area contributed by atoms with Gasteiger partial charge in [-0.15, -0.1) is 11.6 Å². The highest BCUT2D eigenvalue weighted by Gasteiger charge is 2.54. The topological polar surface area (TPSA) is 44.8 Å². The zero-order valence-corrected chi connectivity index (χ0v) is 26.4. The number of alkyl halides is 8. The minimum absolute atomic E-state index is 0.232. The molecule has 0 amide bonds. The molecular weight excluding hydrogens is 801 g/mol. The molecule has 4 nitrogen and oxygen atoms in total. The van der Waals surface area contributed by atoms with Gasteiger partial charge in [0.1, 0.15) is 5.56 Å². The Morgan fingerprint density at radius 2 is 1.27 bits per heavy atom. The van der Waals surface area contributed by atoms with Crippen LogP contribution in [0.15, 0.2) is 0 Å². The number of hydrogen-bond donors (Lipinski definition) is 0. The van der Waals surface area contributed by atoms with Crippen LogP contribution in [0.3, 0.4) is 0 Å². The van der Waals surface area contributed by atoms with Gasteiger partial charge in [-0.25, -0.2) is 4.57 Å². The zero-order chi connectivity index (χ0) is 21.0. The van der Waals surface area contributed by atoms with E-state index in [0.717, 1.165) is 0 Å². The van der Waals surface area contributed by atoms with Gasteiger partial charge in [-0.2, -0.15) is 0 Å². The van der Waals surface area contributed by atoms with Crippen LogP contribution in [0.5, 0.6) is 0 Å². The minimum Gasteiger partial charge on any atom is -0.267 e. The van der Waals surface area contributed by atoms with Crippen molar-refractivity contribution in [3.63, 3.8) is 0 Å². The van der Waals surface area contributed by atoms with Crippen molar-refractivity contribution in [2.75, 3.05) is 16.5 Å². The highest BCUT2D eigenvalue weighted by molar-refractivity contribution is 9.25. The molecule has 0 saturated heterocycles. The van der Waals surface area contributed by atoms with Crippen molar-refractivity contribution in [2.24, 2.45) is 10.8 Å². The predicted molar refractivity (Wildman–Crippen MR) is 132 cm³/mol. The zero-order valence-electron chi connectivity index (χ0n) is 14.5. The van der Waals surface area contributed by atoms with E-state index < -0.39 is 31.1 Å². The Balaban J connectivity index is 5.82. The Hall–Kier alpha value is 3.57. The van der Waals surface area contributed by atoms with Gasteiger partial charge in [-0.3, -0.25) is 13.6 Å². The third kappa shape index (κ3) is 8.60. The fourth-order valence-corrected chi connectivity index (χ4v) is 8.28. The number of hydrogen-bond acceptors (Lipinski definition) is 4. The van der Waals surface area contributed by atoms with Crippen LogP contribution in [0.25, 0.3) is 0 Å². The highest BCUT2D eigenvalue weighted by Crippen LogP contribution is 2.66. The molecule has 158 valence electrons. The Morgan fingerprint density at radius 3 is 1.54 bits per heavy atom. The molecule has 0 aliphatic heterocycles. The van der Waals surface area contributed by atoms with E-state index in [-0.39, 0.29) is 12.3 Å². The quantitative estimate of drug-likeness (QED) is 0.146. The summed E-state index contributed by atoms with van der Waals surface area (Å²) in [4.78, 5) is 0. The summed E-state index contributed by atoms with van der Waals surface area (Å²) in [5, 5.41) is 1.06. The molecule has 1 atom stereocenters. The van der Waals surface area contributed by atoms with Gasteiger partial charge in [0.05, 0.1) is 0 Å². The highest BCUT2D eigenvalue weighted by atomic mass is 79.9. The largest absolute Gasteiger partial charge is 0.480 e. The number of rotatable bonds is 12. The normalized spacial score (nSPS) is 16.0. The van der Waals surface area contributed by atoms with Gasteiger partial charge in [-0.1, -0.05) is 71.2 Å². The maximum absolute atomic E-state index is 13.5. The van der Waals surface area contributed by atoms with Gasteiger partial charge in [0, 0.05) is 33.8 Å². The molecule has 0 aromatic carbocycles. The third-order valence-electron chi connectivity index (χ3n) is 3.28. The molecule has 0 spiro atoms. The van der Waals surface area contributed by atoms with Crippen molar-refractivity contribution in [1.82, 2.24) is 0 Å². The summed E-state index contributed by atoms with van der Waals surface area (Å²) in [5.41, 5.74) is -2.02. The smallest absolute Gasteiger partial charge is 0.267 e. The molecule has 0 saturated carbocycles. The van der Waals surface area contributed by atoms with Gasteiger partial charge < -0.3 is 0 Å². The van der Waals surface area contributed by atoms with E-state index in [0.29, 0.717) is 10.7 Å². The summed E-state index contributed by atoms with van der Waals surface area (Å²) in [7, 11) is -4.19. The van der Waals surface area contributed by atoms with E-state index in [1.54, 1.807) is 0 Å². The van der Waals surface area contributed by atoms with Crippen LogP contribution in [-0.4, -0.2) is 28.9 Å². The van der Waals surface area contributed by atoms with Crippen molar-refractivity contribution in [1.29, 1.82) is 0 Å². The lowest BCUT2D eigenvalue weighted by Crippen LogP contribution is -2.40. The fourth-order valence-electron chi connectivity index (χ4n) is 1.02. The summed E-state index contributed by atoms with van der Waals surface area (Å²) in [6, 6.07) is 0. The monoisotopic (exact) mass is 816 g/mol. The second-order valence-electron chi connectivity index (χ2n) is 6.69. The molecule has 0 heterocycles. The Labute approximate surface area is 216 Å². The lowest BCUT2D eigenvalue weighted by molar-refractivity contribution is 0.0276. The van der Waals surface area contributed by atoms with Gasteiger partial charge in [0.15, 0.2) is 6.84 Å². The van der Waals surface area contributed by atoms with Crippen molar-refractivity contribution in [3.8, 4) is 0 Å². The van der Waals surface area contributed by atoms with Gasteiger partial charge >= 0.3 is 7.82 Å². The van der Waals surface area contributed by atoms with Crippen molar-refractivity contribution >= 4 is 127 Å². The molecule has 0 fully saturated rings. The first kappa shape index (κ1) is 29.6. The molecule has 0 aromatic heterocycles. The van der Waals surface area contributed by atoms with E-state index in [4.69, 9.17) is 36.8 Å². The number of halogens is 8. The number of phosphoric ester groups is 1. The van der Waals surface area contributed by atoms with Crippen molar-refractivity contribution in [3.05, 3.63) is 0 Å². The molecule has 0 aliphatic rings. The predicted octanol–water partition coefficient (Wildman–Crippen LogP) is 9.07. The minimum atomic E-state index is -4.19. The van der Waals surface area contributed by atoms with Crippen LogP contribution in [-0.2, 0) is 18.1 Å². The first-order valence-electron chi connectivity index (χ1n) is 7.27. The second-order valence-corrected chi connectivity index (χ2v) is 16.7. The molecule has 0 aliphatic carbocycles. The Bertz CT molecular complexity index is 473. The first-order chi connectivity index (χ1) is 11.5. The third-order valence-corrected chi connectivity index (χ3v) is 14.2. The van der Waals surface area contributed by atoms with E-state index in [1.807, 2.05) is 27.7 Å². The molecule has 1 unspecified atom stereocenters. The summed E-state index contributed by atoms with van der Waals surface area (Å²) in [6.45, 7) is 7.57. The average Bonchev–Trinajstić information content (AvgIpc) is 2.44. The maximum atomic E-state index is 13.5. The molecule has 0 bridgehead atoms. The second kappa shape index (κ2) is 11.4. The molecule has 0 radical (unpaired) electrons. The summed E-state index contributed by atoms with van der Waals surface area (Å²) in [6.07, 6.45) is 0.263. The molecule has 0 aromatic rings. The van der Waals surface area contributed by atoms with Crippen LogP contribution in [0.2, 0.25) is 0 Å². The molecule has 0 rings (SSSR count). The van der Waals surface area contributed by atoms with Crippen LogP contribution in [0, 0.1) is 10.8 Å². The van der Waals surface area contributed by atoms with Crippen LogP contribution < -0.4 is 0 Å². The van der Waals surface area contributed by atoms with Crippen LogP contribution in [0.4, 0.5) is 0 Å². The average molecular weight is 823 g/mol. The first-order valence-corrected chi connectivity index (χ1v) is 15.1. The van der Waals surface area contributed by atoms with Gasteiger partial charge in [-0.05, 0) is 63.7 Å². The SMILES string of the molecule is CC(C)(CBr)C(Br)(Br)OP(=O)(OC(Cl)CCCl)OC(Br)(Br)C(C)(C)CBr. The molecule has 26 heavy (non-hydrogen) atoms. The molecule has 13 heteroatoms. The van der Waals surface area contributed by atoms with E-state index in [2.05, 4.69) is 95.6 Å². The van der Waals surface area contributed by atoms with Gasteiger partial charge in [0.25, 0.3) is 0 Å². The molecular formula is C13H21Br6Cl2O4P. The van der Waals surface area contributed by atoms with E-state index in [9.17, 15) is 4.57 Å². The summed E-state index contributed by atoms with van der Waals surface area (Å²) < 4.78 is 28.1. The lowest BCUT2D eigenvalue weighted by atomic mass is 9.98. The summed E-state index contributed by atoms with van der Waals surface area (Å²) >= 11 is 32.3. The Morgan fingerprint density at radius 1 is 0.923 bits per heavy atom. The summed E-state index contributed by atoms with van der Waals surface area (Å²) in [5.74, 6) is 0.232. The fraction of sp³-hybridized carbons (Fsp3) is 1.00. The number of phosphoric acid groups is 1. The lowest BCUT2D eigenvalue weighted by Gasteiger charge is -2.42. The Kier molecular flexibility index (Phi) is 13.0. The van der Waals surface area contributed by atoms with E-state index in [1.165, 1.54) is 0 Å². The van der Waals surface area contributed by atoms with E-state index >= 15 is 0 Å². The van der Waals surface area contributed by atoms with Gasteiger partial charge in [0.2, 0.25) is 0 Å². The standard InChI is InChI=1S/C13H21Br6Cl2O4P/c1-10(2,7-14)12(16,17)24-26(22,23-9(21)5-6-20)25-13(18,19)11(3,4)8-15/h9H,5-8H2,1-4H3.